The van der Waals surface area contributed by atoms with E-state index in [1.54, 1.807) is 0 Å². The summed E-state index contributed by atoms with van der Waals surface area (Å²) in [6.07, 6.45) is 17.5. The topological polar surface area (TPSA) is 69.9 Å². The molecule has 0 amide bonds. The van der Waals surface area contributed by atoms with E-state index in [1.807, 2.05) is 0 Å². The Morgan fingerprint density at radius 2 is 1.12 bits per heavy atom. The molecule has 0 saturated carbocycles. The zero-order valence-electron chi connectivity index (χ0n) is 16.6. The highest BCUT2D eigenvalue weighted by molar-refractivity contribution is 4.61. The van der Waals surface area contributed by atoms with Gasteiger partial charge in [0.15, 0.2) is 0 Å². The second-order valence-electron chi connectivity index (χ2n) is 7.33. The molecule has 4 heteroatoms. The summed E-state index contributed by atoms with van der Waals surface area (Å²) in [6.45, 7) is 2.70. The third-order valence-corrected chi connectivity index (χ3v) is 4.84. The molecular formula is C21H44O4. The number of rotatable bonds is 20. The molecule has 0 aliphatic carbocycles. The van der Waals surface area contributed by atoms with Gasteiger partial charge in [-0.3, -0.25) is 0 Å². The fourth-order valence-electron chi connectivity index (χ4n) is 3.07. The van der Waals surface area contributed by atoms with Crippen LogP contribution in [0, 0.1) is 0 Å². The van der Waals surface area contributed by atoms with Crippen molar-refractivity contribution < 1.29 is 20.1 Å². The molecule has 0 heterocycles. The Balaban J connectivity index is 3.24. The fraction of sp³-hybridized carbons (Fsp3) is 1.00. The smallest absolute Gasteiger partial charge is 0.0806 e. The van der Waals surface area contributed by atoms with Crippen LogP contribution in [-0.4, -0.2) is 47.3 Å². The van der Waals surface area contributed by atoms with Crippen LogP contribution >= 0.6 is 0 Å². The lowest BCUT2D eigenvalue weighted by Crippen LogP contribution is -2.22. The number of unbranched alkanes of at least 4 members (excludes halogenated alkanes) is 12. The van der Waals surface area contributed by atoms with Crippen LogP contribution in [0.4, 0.5) is 0 Å². The van der Waals surface area contributed by atoms with Gasteiger partial charge in [-0.25, -0.2) is 0 Å². The van der Waals surface area contributed by atoms with E-state index in [0.717, 1.165) is 6.42 Å². The van der Waals surface area contributed by atoms with Gasteiger partial charge in [-0.05, 0) is 19.3 Å². The molecule has 2 atom stereocenters. The van der Waals surface area contributed by atoms with E-state index in [4.69, 9.17) is 9.84 Å². The molecule has 4 nitrogen and oxygen atoms in total. The minimum Gasteiger partial charge on any atom is -0.394 e. The third kappa shape index (κ3) is 18.4. The molecule has 0 aliphatic rings. The van der Waals surface area contributed by atoms with E-state index < -0.39 is 6.10 Å². The highest BCUT2D eigenvalue weighted by Gasteiger charge is 2.10. The first-order valence-electron chi connectivity index (χ1n) is 10.8. The molecular weight excluding hydrogens is 316 g/mol. The van der Waals surface area contributed by atoms with Crippen LogP contribution in [0.3, 0.4) is 0 Å². The summed E-state index contributed by atoms with van der Waals surface area (Å²) < 4.78 is 5.64. The molecule has 0 aromatic carbocycles. The average Bonchev–Trinajstić information content (AvgIpc) is 2.64. The molecule has 0 spiro atoms. The molecule has 0 aliphatic heterocycles. The molecule has 0 aromatic heterocycles. The van der Waals surface area contributed by atoms with Crippen molar-refractivity contribution in [1.29, 1.82) is 0 Å². The Morgan fingerprint density at radius 3 is 1.56 bits per heavy atom. The highest BCUT2D eigenvalue weighted by atomic mass is 16.5. The van der Waals surface area contributed by atoms with Crippen molar-refractivity contribution in [3.05, 3.63) is 0 Å². The number of aliphatic hydroxyl groups is 3. The normalized spacial score (nSPS) is 13.9. The van der Waals surface area contributed by atoms with Gasteiger partial charge < -0.3 is 20.1 Å². The zero-order valence-corrected chi connectivity index (χ0v) is 16.6. The first-order chi connectivity index (χ1) is 12.2. The van der Waals surface area contributed by atoms with Crippen molar-refractivity contribution in [3.8, 4) is 0 Å². The Morgan fingerprint density at radius 1 is 0.640 bits per heavy atom. The molecule has 0 radical (unpaired) electrons. The van der Waals surface area contributed by atoms with Gasteiger partial charge in [-0.1, -0.05) is 84.0 Å². The summed E-state index contributed by atoms with van der Waals surface area (Å²) in [5, 5.41) is 27.3. The van der Waals surface area contributed by atoms with E-state index in [0.29, 0.717) is 19.4 Å². The first kappa shape index (κ1) is 24.8. The van der Waals surface area contributed by atoms with Crippen molar-refractivity contribution in [2.45, 2.75) is 115 Å². The fourth-order valence-corrected chi connectivity index (χ4v) is 3.07. The molecule has 0 fully saturated rings. The standard InChI is InChI=1S/C21H44O4/c1-2-3-4-5-6-7-8-9-10-11-12-13-14-17-25-21(19-23)16-15-20(24)18-22/h20-24H,2-19H2,1H3/t20-,21+/m1/s1. The maximum Gasteiger partial charge on any atom is 0.0806 e. The number of hydrogen-bond donors (Lipinski definition) is 3. The Hall–Kier alpha value is -0.160. The van der Waals surface area contributed by atoms with E-state index in [9.17, 15) is 10.2 Å². The van der Waals surface area contributed by atoms with Gasteiger partial charge in [0.05, 0.1) is 25.4 Å². The van der Waals surface area contributed by atoms with Crippen molar-refractivity contribution in [2.75, 3.05) is 19.8 Å². The minimum absolute atomic E-state index is 0.0173. The summed E-state index contributed by atoms with van der Waals surface area (Å²) in [7, 11) is 0. The van der Waals surface area contributed by atoms with E-state index in [-0.39, 0.29) is 19.3 Å². The molecule has 0 unspecified atom stereocenters. The number of aliphatic hydroxyl groups excluding tert-OH is 3. The van der Waals surface area contributed by atoms with Gasteiger partial charge in [0, 0.05) is 6.61 Å². The van der Waals surface area contributed by atoms with Crippen LogP contribution < -0.4 is 0 Å². The molecule has 0 saturated heterocycles. The van der Waals surface area contributed by atoms with Crippen molar-refractivity contribution in [2.24, 2.45) is 0 Å². The summed E-state index contributed by atoms with van der Waals surface area (Å²) in [4.78, 5) is 0. The van der Waals surface area contributed by atoms with Crippen LogP contribution in [0.15, 0.2) is 0 Å². The zero-order chi connectivity index (χ0) is 18.6. The predicted octanol–water partition coefficient (Wildman–Crippen LogP) is 4.59. The molecule has 0 bridgehead atoms. The predicted molar refractivity (Wildman–Crippen MR) is 105 cm³/mol. The lowest BCUT2D eigenvalue weighted by atomic mass is 10.0. The highest BCUT2D eigenvalue weighted by Crippen LogP contribution is 2.13. The summed E-state index contributed by atoms with van der Waals surface area (Å²) in [5.41, 5.74) is 0. The van der Waals surface area contributed by atoms with Gasteiger partial charge in [0.2, 0.25) is 0 Å². The minimum atomic E-state index is -0.700. The third-order valence-electron chi connectivity index (χ3n) is 4.84. The monoisotopic (exact) mass is 360 g/mol. The molecule has 25 heavy (non-hydrogen) atoms. The van der Waals surface area contributed by atoms with Gasteiger partial charge in [0.1, 0.15) is 0 Å². The summed E-state index contributed by atoms with van der Waals surface area (Å²) in [5.74, 6) is 0. The van der Waals surface area contributed by atoms with Crippen LogP contribution in [0.2, 0.25) is 0 Å². The van der Waals surface area contributed by atoms with Crippen LogP contribution in [-0.2, 0) is 4.74 Å². The van der Waals surface area contributed by atoms with Crippen LogP contribution in [0.25, 0.3) is 0 Å². The number of hydrogen-bond acceptors (Lipinski definition) is 4. The van der Waals surface area contributed by atoms with Gasteiger partial charge >= 0.3 is 0 Å². The SMILES string of the molecule is CCCCCCCCCCCCCCCO[C@H](CO)CC[C@@H](O)CO. The number of ether oxygens (including phenoxy) is 1. The van der Waals surface area contributed by atoms with E-state index in [1.165, 1.54) is 77.0 Å². The van der Waals surface area contributed by atoms with Gasteiger partial charge in [-0.15, -0.1) is 0 Å². The second-order valence-corrected chi connectivity index (χ2v) is 7.33. The lowest BCUT2D eigenvalue weighted by Gasteiger charge is -2.16. The maximum atomic E-state index is 9.31. The van der Waals surface area contributed by atoms with Crippen molar-refractivity contribution >= 4 is 0 Å². The van der Waals surface area contributed by atoms with E-state index >= 15 is 0 Å². The lowest BCUT2D eigenvalue weighted by molar-refractivity contribution is -0.00643. The van der Waals surface area contributed by atoms with E-state index in [2.05, 4.69) is 6.92 Å². The summed E-state index contributed by atoms with van der Waals surface area (Å²) in [6, 6.07) is 0. The molecule has 0 rings (SSSR count). The molecule has 0 aromatic rings. The van der Waals surface area contributed by atoms with Gasteiger partial charge in [-0.2, -0.15) is 0 Å². The quantitative estimate of drug-likeness (QED) is 0.278. The van der Waals surface area contributed by atoms with Gasteiger partial charge in [0.25, 0.3) is 0 Å². The Bertz CT molecular complexity index is 248. The Labute approximate surface area is 156 Å². The van der Waals surface area contributed by atoms with Crippen molar-refractivity contribution in [3.63, 3.8) is 0 Å². The molecule has 152 valence electrons. The average molecular weight is 361 g/mol. The summed E-state index contributed by atoms with van der Waals surface area (Å²) >= 11 is 0. The largest absolute Gasteiger partial charge is 0.394 e. The van der Waals surface area contributed by atoms with Crippen molar-refractivity contribution in [1.82, 2.24) is 0 Å². The second kappa shape index (κ2) is 20.2. The molecule has 3 N–H and O–H groups in total. The van der Waals surface area contributed by atoms with Crippen LogP contribution in [0.5, 0.6) is 0 Å². The first-order valence-corrected chi connectivity index (χ1v) is 10.8. The maximum absolute atomic E-state index is 9.31. The Kier molecular flexibility index (Phi) is 20.0. The van der Waals surface area contributed by atoms with Crippen LogP contribution in [0.1, 0.15) is 103 Å².